The van der Waals surface area contributed by atoms with Gasteiger partial charge in [-0.25, -0.2) is 0 Å². The summed E-state index contributed by atoms with van der Waals surface area (Å²) in [5, 5.41) is 0. The third-order valence-electron chi connectivity index (χ3n) is 5.25. The minimum Gasteiger partial charge on any atom is -0.497 e. The van der Waals surface area contributed by atoms with Gasteiger partial charge in [0, 0.05) is 25.2 Å². The van der Waals surface area contributed by atoms with E-state index in [2.05, 4.69) is 29.2 Å². The van der Waals surface area contributed by atoms with E-state index in [1.165, 1.54) is 23.5 Å². The van der Waals surface area contributed by atoms with E-state index in [1.54, 1.807) is 20.3 Å². The van der Waals surface area contributed by atoms with E-state index in [4.69, 9.17) is 18.6 Å². The second-order valence-electron chi connectivity index (χ2n) is 7.31. The van der Waals surface area contributed by atoms with Gasteiger partial charge < -0.3 is 18.6 Å². The van der Waals surface area contributed by atoms with Crippen molar-refractivity contribution in [3.8, 4) is 17.2 Å². The van der Waals surface area contributed by atoms with Gasteiger partial charge in [0.05, 0.1) is 20.8 Å². The first-order valence-corrected chi connectivity index (χ1v) is 9.90. The number of hydrogen-bond donors (Lipinski definition) is 0. The van der Waals surface area contributed by atoms with Gasteiger partial charge in [0.1, 0.15) is 30.1 Å². The van der Waals surface area contributed by atoms with Gasteiger partial charge in [0.2, 0.25) is 11.2 Å². The Morgan fingerprint density at radius 3 is 2.43 bits per heavy atom. The highest BCUT2D eigenvalue weighted by atomic mass is 16.5. The van der Waals surface area contributed by atoms with Crippen LogP contribution in [0.2, 0.25) is 0 Å². The van der Waals surface area contributed by atoms with Crippen molar-refractivity contribution in [3.63, 3.8) is 0 Å². The Hall–Kier alpha value is -3.25. The highest BCUT2D eigenvalue weighted by Gasteiger charge is 2.17. The molecule has 3 aromatic rings. The predicted octanol–water partition coefficient (Wildman–Crippen LogP) is 3.79. The summed E-state index contributed by atoms with van der Waals surface area (Å²) in [7, 11) is 3.18. The van der Waals surface area contributed by atoms with E-state index in [9.17, 15) is 4.79 Å². The van der Waals surface area contributed by atoms with Crippen LogP contribution in [0.4, 0.5) is 0 Å². The maximum absolute atomic E-state index is 12.5. The standard InChI is InChI=1S/C24H25NO5/c1-27-20-9-17(10-21(11-20)28-2)15-30-24-16-29-22(12-23(24)26)14-25-8-7-18-5-3-4-6-19(18)13-25/h3-6,9-12,16H,7-8,13-15H2,1-2H3. The van der Waals surface area contributed by atoms with Gasteiger partial charge in [-0.3, -0.25) is 9.69 Å². The average Bonchev–Trinajstić information content (AvgIpc) is 2.78. The van der Waals surface area contributed by atoms with Crippen LogP contribution in [0.3, 0.4) is 0 Å². The van der Waals surface area contributed by atoms with Gasteiger partial charge in [-0.05, 0) is 35.2 Å². The van der Waals surface area contributed by atoms with Gasteiger partial charge in [-0.1, -0.05) is 24.3 Å². The van der Waals surface area contributed by atoms with Crippen molar-refractivity contribution in [2.45, 2.75) is 26.1 Å². The van der Waals surface area contributed by atoms with Gasteiger partial charge in [0.25, 0.3) is 0 Å². The van der Waals surface area contributed by atoms with Crippen LogP contribution in [0.15, 0.2) is 64.0 Å². The molecule has 0 bridgehead atoms. The van der Waals surface area contributed by atoms with Crippen LogP contribution in [0.5, 0.6) is 17.2 Å². The normalized spacial score (nSPS) is 13.5. The first kappa shape index (κ1) is 20.0. The van der Waals surface area contributed by atoms with Crippen LogP contribution in [0, 0.1) is 0 Å². The van der Waals surface area contributed by atoms with Gasteiger partial charge in [-0.2, -0.15) is 0 Å². The maximum atomic E-state index is 12.5. The molecule has 0 N–H and O–H groups in total. The van der Waals surface area contributed by atoms with Crippen LogP contribution in [0.25, 0.3) is 0 Å². The first-order valence-electron chi connectivity index (χ1n) is 9.90. The summed E-state index contributed by atoms with van der Waals surface area (Å²) in [6.45, 7) is 2.60. The fourth-order valence-corrected chi connectivity index (χ4v) is 3.65. The Bertz CT molecular complexity index is 1050. The molecule has 6 nitrogen and oxygen atoms in total. The number of hydrogen-bond acceptors (Lipinski definition) is 6. The Labute approximate surface area is 175 Å². The summed E-state index contributed by atoms with van der Waals surface area (Å²) in [5.74, 6) is 2.15. The van der Waals surface area contributed by atoms with Crippen LogP contribution in [-0.4, -0.2) is 25.7 Å². The largest absolute Gasteiger partial charge is 0.497 e. The molecule has 0 spiro atoms. The van der Waals surface area contributed by atoms with E-state index < -0.39 is 0 Å². The number of nitrogens with zero attached hydrogens (tertiary/aromatic N) is 1. The smallest absolute Gasteiger partial charge is 0.227 e. The lowest BCUT2D eigenvalue weighted by molar-refractivity contribution is 0.220. The molecule has 0 unspecified atom stereocenters. The number of rotatable bonds is 7. The van der Waals surface area contributed by atoms with Crippen molar-refractivity contribution >= 4 is 0 Å². The molecule has 30 heavy (non-hydrogen) atoms. The molecule has 4 rings (SSSR count). The zero-order valence-electron chi connectivity index (χ0n) is 17.2. The fourth-order valence-electron chi connectivity index (χ4n) is 3.65. The van der Waals surface area contributed by atoms with Crippen LogP contribution in [-0.2, 0) is 26.1 Å². The molecule has 1 aliphatic rings. The lowest BCUT2D eigenvalue weighted by Crippen LogP contribution is -2.30. The molecule has 0 fully saturated rings. The summed E-state index contributed by atoms with van der Waals surface area (Å²) in [4.78, 5) is 14.8. The van der Waals surface area contributed by atoms with E-state index in [-0.39, 0.29) is 17.8 Å². The molecule has 156 valence electrons. The minimum atomic E-state index is -0.191. The van der Waals surface area contributed by atoms with Crippen LogP contribution < -0.4 is 19.6 Å². The molecule has 6 heteroatoms. The van der Waals surface area contributed by atoms with Gasteiger partial charge in [0.15, 0.2) is 0 Å². The van der Waals surface area contributed by atoms with E-state index in [0.29, 0.717) is 23.8 Å². The Kier molecular flexibility index (Phi) is 6.05. The molecule has 0 aliphatic carbocycles. The molecular formula is C24H25NO5. The SMILES string of the molecule is COc1cc(COc2coc(CN3CCc4ccccc4C3)cc2=O)cc(OC)c1. The van der Waals surface area contributed by atoms with E-state index in [1.807, 2.05) is 12.1 Å². The fraction of sp³-hybridized carbons (Fsp3) is 0.292. The second kappa shape index (κ2) is 9.05. The van der Waals surface area contributed by atoms with Crippen molar-refractivity contribution in [1.82, 2.24) is 4.90 Å². The summed E-state index contributed by atoms with van der Waals surface area (Å²) >= 11 is 0. The van der Waals surface area contributed by atoms with Crippen molar-refractivity contribution in [2.24, 2.45) is 0 Å². The monoisotopic (exact) mass is 407 g/mol. The van der Waals surface area contributed by atoms with Crippen LogP contribution in [0.1, 0.15) is 22.5 Å². The van der Waals surface area contributed by atoms with E-state index >= 15 is 0 Å². The lowest BCUT2D eigenvalue weighted by Gasteiger charge is -2.28. The summed E-state index contributed by atoms with van der Waals surface area (Å²) in [6.07, 6.45) is 2.40. The van der Waals surface area contributed by atoms with Crippen molar-refractivity contribution in [1.29, 1.82) is 0 Å². The van der Waals surface area contributed by atoms with E-state index in [0.717, 1.165) is 25.1 Å². The highest BCUT2D eigenvalue weighted by molar-refractivity contribution is 5.38. The highest BCUT2D eigenvalue weighted by Crippen LogP contribution is 2.24. The molecule has 0 saturated heterocycles. The van der Waals surface area contributed by atoms with Crippen molar-refractivity contribution in [3.05, 3.63) is 87.5 Å². The first-order chi connectivity index (χ1) is 14.6. The zero-order valence-corrected chi connectivity index (χ0v) is 17.2. The third-order valence-corrected chi connectivity index (χ3v) is 5.25. The predicted molar refractivity (Wildman–Crippen MR) is 113 cm³/mol. The average molecular weight is 407 g/mol. The molecule has 0 atom stereocenters. The Morgan fingerprint density at radius 2 is 1.73 bits per heavy atom. The quantitative estimate of drug-likeness (QED) is 0.594. The number of fused-ring (bicyclic) bond motifs is 1. The number of ether oxygens (including phenoxy) is 3. The van der Waals surface area contributed by atoms with Gasteiger partial charge in [-0.15, -0.1) is 0 Å². The molecule has 2 aromatic carbocycles. The number of methoxy groups -OCH3 is 2. The van der Waals surface area contributed by atoms with Gasteiger partial charge >= 0.3 is 0 Å². The second-order valence-corrected chi connectivity index (χ2v) is 7.31. The molecule has 0 amide bonds. The molecule has 0 saturated carbocycles. The van der Waals surface area contributed by atoms with Crippen molar-refractivity contribution < 1.29 is 18.6 Å². The summed E-state index contributed by atoms with van der Waals surface area (Å²) < 4.78 is 21.9. The molecule has 2 heterocycles. The Morgan fingerprint density at radius 1 is 1.00 bits per heavy atom. The maximum Gasteiger partial charge on any atom is 0.227 e. The Balaban J connectivity index is 1.40. The third kappa shape index (κ3) is 4.66. The lowest BCUT2D eigenvalue weighted by atomic mass is 10.00. The number of benzene rings is 2. The molecule has 1 aliphatic heterocycles. The van der Waals surface area contributed by atoms with Crippen LogP contribution >= 0.6 is 0 Å². The van der Waals surface area contributed by atoms with Crippen molar-refractivity contribution in [2.75, 3.05) is 20.8 Å². The summed E-state index contributed by atoms with van der Waals surface area (Å²) in [5.41, 5.74) is 3.37. The topological polar surface area (TPSA) is 61.1 Å². The zero-order chi connectivity index (χ0) is 20.9. The molecule has 1 aromatic heterocycles. The minimum absolute atomic E-state index is 0.185. The summed E-state index contributed by atoms with van der Waals surface area (Å²) in [6, 6.07) is 15.5. The molecule has 0 radical (unpaired) electrons. The molecular weight excluding hydrogens is 382 g/mol.